The highest BCUT2D eigenvalue weighted by Gasteiger charge is 2.13. The summed E-state index contributed by atoms with van der Waals surface area (Å²) in [5.41, 5.74) is -1.01. The van der Waals surface area contributed by atoms with E-state index in [4.69, 9.17) is 0 Å². The number of carbonyl (C=O) groups excluding carboxylic acids is 1. The van der Waals surface area contributed by atoms with Crippen molar-refractivity contribution < 1.29 is 9.72 Å². The molecular weight excluding hydrogens is 270 g/mol. The molecule has 2 heterocycles. The highest BCUT2D eigenvalue weighted by Crippen LogP contribution is 2.16. The first-order valence-corrected chi connectivity index (χ1v) is 6.09. The average Bonchev–Trinajstić information content (AvgIpc) is 2.78. The van der Waals surface area contributed by atoms with Crippen molar-refractivity contribution in [3.8, 4) is 0 Å². The number of ketones is 1. The Morgan fingerprint density at radius 1 is 1.53 bits per heavy atom. The molecule has 0 atom stereocenters. The molecule has 0 aromatic carbocycles. The van der Waals surface area contributed by atoms with Gasteiger partial charge in [0.05, 0.1) is 22.5 Å². The van der Waals surface area contributed by atoms with Gasteiger partial charge in [0.1, 0.15) is 6.20 Å². The monoisotopic (exact) mass is 279 g/mol. The molecule has 0 saturated heterocycles. The molecule has 8 heteroatoms. The fraction of sp³-hybridized carbons (Fsp3) is 0.182. The zero-order chi connectivity index (χ0) is 14.0. The van der Waals surface area contributed by atoms with Crippen LogP contribution in [0.1, 0.15) is 14.5 Å². The van der Waals surface area contributed by atoms with Crippen molar-refractivity contribution in [2.24, 2.45) is 0 Å². The van der Waals surface area contributed by atoms with Crippen LogP contribution in [0.2, 0.25) is 0 Å². The van der Waals surface area contributed by atoms with Gasteiger partial charge in [0.15, 0.2) is 5.78 Å². The lowest BCUT2D eigenvalue weighted by Crippen LogP contribution is -2.25. The predicted octanol–water partition coefficient (Wildman–Crippen LogP) is 1.40. The van der Waals surface area contributed by atoms with Gasteiger partial charge in [0.2, 0.25) is 0 Å². The van der Waals surface area contributed by atoms with E-state index < -0.39 is 10.6 Å². The van der Waals surface area contributed by atoms with Crippen LogP contribution in [-0.2, 0) is 6.54 Å². The zero-order valence-electron chi connectivity index (χ0n) is 9.90. The number of aryl methyl sites for hydroxylation is 1. The maximum absolute atomic E-state index is 11.9. The van der Waals surface area contributed by atoms with E-state index in [0.29, 0.717) is 4.88 Å². The first kappa shape index (κ1) is 13.1. The summed E-state index contributed by atoms with van der Waals surface area (Å²) in [6.45, 7) is 1.61. The molecule has 0 aliphatic heterocycles. The molecule has 0 aliphatic rings. The lowest BCUT2D eigenvalue weighted by molar-refractivity contribution is -0.385. The Morgan fingerprint density at radius 2 is 2.26 bits per heavy atom. The van der Waals surface area contributed by atoms with Crippen LogP contribution >= 0.6 is 11.3 Å². The third-order valence-corrected chi connectivity index (χ3v) is 3.42. The maximum atomic E-state index is 11.9. The van der Waals surface area contributed by atoms with Crippen molar-refractivity contribution in [1.82, 2.24) is 9.55 Å². The largest absolute Gasteiger partial charge is 0.348 e. The van der Waals surface area contributed by atoms with E-state index in [1.54, 1.807) is 12.1 Å². The molecule has 0 unspecified atom stereocenters. The number of rotatable bonds is 4. The van der Waals surface area contributed by atoms with Crippen molar-refractivity contribution in [1.29, 1.82) is 0 Å². The quantitative estimate of drug-likeness (QED) is 0.479. The van der Waals surface area contributed by atoms with Gasteiger partial charge in [-0.15, -0.1) is 11.3 Å². The number of carbonyl (C=O) groups is 1. The van der Waals surface area contributed by atoms with Crippen molar-refractivity contribution >= 4 is 22.8 Å². The van der Waals surface area contributed by atoms with Crippen LogP contribution in [0.25, 0.3) is 0 Å². The van der Waals surface area contributed by atoms with Gasteiger partial charge in [-0.05, 0) is 19.1 Å². The third kappa shape index (κ3) is 2.91. The molecule has 0 radical (unpaired) electrons. The van der Waals surface area contributed by atoms with Crippen molar-refractivity contribution in [3.63, 3.8) is 0 Å². The van der Waals surface area contributed by atoms with E-state index in [0.717, 1.165) is 21.8 Å². The van der Waals surface area contributed by atoms with Gasteiger partial charge >= 0.3 is 11.4 Å². The van der Waals surface area contributed by atoms with Crippen LogP contribution in [0.5, 0.6) is 0 Å². The van der Waals surface area contributed by atoms with Crippen LogP contribution < -0.4 is 5.69 Å². The van der Waals surface area contributed by atoms with E-state index in [1.807, 2.05) is 6.92 Å². The Morgan fingerprint density at radius 3 is 2.84 bits per heavy atom. The molecule has 98 valence electrons. The molecule has 0 N–H and O–H groups in total. The topological polar surface area (TPSA) is 95.1 Å². The second-order valence-electron chi connectivity index (χ2n) is 3.81. The number of nitrogens with zero attached hydrogens (tertiary/aromatic N) is 3. The van der Waals surface area contributed by atoms with Crippen molar-refractivity contribution in [2.45, 2.75) is 13.5 Å². The summed E-state index contributed by atoms with van der Waals surface area (Å²) >= 11 is 1.31. The molecule has 0 amide bonds. The average molecular weight is 279 g/mol. The third-order valence-electron chi connectivity index (χ3n) is 2.38. The van der Waals surface area contributed by atoms with Gasteiger partial charge in [-0.25, -0.2) is 4.79 Å². The molecule has 0 fully saturated rings. The molecule has 7 nitrogen and oxygen atoms in total. The van der Waals surface area contributed by atoms with E-state index in [9.17, 15) is 19.7 Å². The van der Waals surface area contributed by atoms with Gasteiger partial charge in [0, 0.05) is 4.88 Å². The highest BCUT2D eigenvalue weighted by atomic mass is 32.1. The Hall–Kier alpha value is -2.35. The molecule has 2 aromatic heterocycles. The Balaban J connectivity index is 2.28. The lowest BCUT2D eigenvalue weighted by atomic mass is 10.3. The van der Waals surface area contributed by atoms with E-state index >= 15 is 0 Å². The summed E-state index contributed by atoms with van der Waals surface area (Å²) in [6.07, 6.45) is 1.90. The van der Waals surface area contributed by atoms with E-state index in [-0.39, 0.29) is 18.0 Å². The fourth-order valence-electron chi connectivity index (χ4n) is 1.47. The molecular formula is C11H9N3O4S. The minimum atomic E-state index is -0.688. The number of aromatic nitrogens is 2. The van der Waals surface area contributed by atoms with Gasteiger partial charge < -0.3 is 0 Å². The Bertz CT molecular complexity index is 704. The second kappa shape index (κ2) is 5.11. The number of thiophene rings is 1. The molecule has 0 aliphatic carbocycles. The molecule has 19 heavy (non-hydrogen) atoms. The summed E-state index contributed by atoms with van der Waals surface area (Å²) in [5, 5.41) is 10.6. The highest BCUT2D eigenvalue weighted by molar-refractivity contribution is 7.14. The Kier molecular flexibility index (Phi) is 3.52. The summed E-state index contributed by atoms with van der Waals surface area (Å²) in [5.74, 6) is -0.275. The van der Waals surface area contributed by atoms with E-state index in [2.05, 4.69) is 4.98 Å². The fourth-order valence-corrected chi connectivity index (χ4v) is 2.27. The summed E-state index contributed by atoms with van der Waals surface area (Å²) in [6, 6.07) is 3.46. The van der Waals surface area contributed by atoms with Gasteiger partial charge in [-0.1, -0.05) is 0 Å². The predicted molar refractivity (Wildman–Crippen MR) is 68.5 cm³/mol. The van der Waals surface area contributed by atoms with Crippen LogP contribution in [-0.4, -0.2) is 20.3 Å². The minimum absolute atomic E-state index is 0.256. The zero-order valence-corrected chi connectivity index (χ0v) is 10.7. The first-order valence-electron chi connectivity index (χ1n) is 5.28. The standard InChI is InChI=1S/C11H9N3O4S/c1-7-2-3-10(19-7)9(15)6-13-5-8(14(17)18)4-12-11(13)16/h2-5H,6H2,1H3. The SMILES string of the molecule is Cc1ccc(C(=O)Cn2cc([N+](=O)[O-])cnc2=O)s1. The molecule has 2 aromatic rings. The Labute approximate surface area is 111 Å². The normalized spacial score (nSPS) is 10.4. The maximum Gasteiger partial charge on any atom is 0.348 e. The second-order valence-corrected chi connectivity index (χ2v) is 5.10. The van der Waals surface area contributed by atoms with Gasteiger partial charge in [-0.2, -0.15) is 4.98 Å². The number of nitro groups is 1. The van der Waals surface area contributed by atoms with Crippen LogP contribution in [0, 0.1) is 17.0 Å². The summed E-state index contributed by atoms with van der Waals surface area (Å²) < 4.78 is 0.940. The molecule has 0 bridgehead atoms. The lowest BCUT2D eigenvalue weighted by Gasteiger charge is -2.02. The van der Waals surface area contributed by atoms with Gasteiger partial charge in [-0.3, -0.25) is 19.5 Å². The van der Waals surface area contributed by atoms with Crippen molar-refractivity contribution in [2.75, 3.05) is 0 Å². The number of hydrogen-bond donors (Lipinski definition) is 0. The molecule has 2 rings (SSSR count). The number of hydrogen-bond acceptors (Lipinski definition) is 6. The smallest absolute Gasteiger partial charge is 0.291 e. The van der Waals surface area contributed by atoms with Gasteiger partial charge in [0.25, 0.3) is 0 Å². The first-order chi connectivity index (χ1) is 8.97. The molecule has 0 spiro atoms. The van der Waals surface area contributed by atoms with Crippen LogP contribution in [0.4, 0.5) is 5.69 Å². The summed E-state index contributed by atoms with van der Waals surface area (Å²) in [7, 11) is 0. The van der Waals surface area contributed by atoms with Crippen LogP contribution in [0.15, 0.2) is 29.3 Å². The number of Topliss-reactive ketones (excluding diaryl/α,β-unsaturated/α-hetero) is 1. The van der Waals surface area contributed by atoms with Crippen LogP contribution in [0.3, 0.4) is 0 Å². The van der Waals surface area contributed by atoms with E-state index in [1.165, 1.54) is 11.3 Å². The minimum Gasteiger partial charge on any atom is -0.291 e. The summed E-state index contributed by atoms with van der Waals surface area (Å²) in [4.78, 5) is 38.1. The molecule has 0 saturated carbocycles. The van der Waals surface area contributed by atoms with Crippen molar-refractivity contribution in [3.05, 3.63) is 54.9 Å².